The molecule has 1 aliphatic rings. The van der Waals surface area contributed by atoms with Gasteiger partial charge >= 0.3 is 12.1 Å². The molecule has 188 valence electrons. The summed E-state index contributed by atoms with van der Waals surface area (Å²) in [7, 11) is -2.62. The van der Waals surface area contributed by atoms with Crippen molar-refractivity contribution in [3.05, 3.63) is 40.4 Å². The fourth-order valence-electron chi connectivity index (χ4n) is 4.26. The minimum Gasteiger partial charge on any atom is -0.465 e. The van der Waals surface area contributed by atoms with Gasteiger partial charge in [-0.05, 0) is 18.1 Å². The molecule has 0 saturated carbocycles. The maximum absolute atomic E-state index is 13.1. The number of benzene rings is 1. The number of carbonyl (C=O) groups is 1. The van der Waals surface area contributed by atoms with Crippen LogP contribution < -0.4 is 4.90 Å². The third-order valence-electron chi connectivity index (χ3n) is 5.77. The first kappa shape index (κ1) is 25.2. The largest absolute Gasteiger partial charge is 0.465 e. The molecule has 1 atom stereocenters. The number of halogens is 4. The minimum absolute atomic E-state index is 0.0204. The van der Waals surface area contributed by atoms with Gasteiger partial charge in [0.15, 0.2) is 9.84 Å². The molecule has 9 nitrogen and oxygen atoms in total. The maximum atomic E-state index is 13.1. The Bertz CT molecular complexity index is 1440. The lowest BCUT2D eigenvalue weighted by molar-refractivity contribution is -0.138. The first-order valence-electron chi connectivity index (χ1n) is 10.4. The number of carbonyl (C=O) groups excluding carboxylic acids is 1. The van der Waals surface area contributed by atoms with Crippen LogP contribution in [-0.2, 0) is 27.3 Å². The number of methoxy groups -OCH3 is 1. The summed E-state index contributed by atoms with van der Waals surface area (Å²) in [6.45, 7) is 4.42. The highest BCUT2D eigenvalue weighted by atomic mass is 35.5. The molecule has 35 heavy (non-hydrogen) atoms. The van der Waals surface area contributed by atoms with Crippen LogP contribution in [0.25, 0.3) is 11.0 Å². The van der Waals surface area contributed by atoms with Gasteiger partial charge in [0.2, 0.25) is 5.95 Å². The van der Waals surface area contributed by atoms with Crippen LogP contribution in [0.15, 0.2) is 23.2 Å². The third-order valence-corrected chi connectivity index (χ3v) is 7.20. The summed E-state index contributed by atoms with van der Waals surface area (Å²) in [6.07, 6.45) is -3.03. The van der Waals surface area contributed by atoms with Crippen LogP contribution in [-0.4, -0.2) is 53.8 Å². The van der Waals surface area contributed by atoms with E-state index in [1.54, 1.807) is 4.90 Å². The van der Waals surface area contributed by atoms with E-state index in [-0.39, 0.29) is 22.3 Å². The lowest BCUT2D eigenvalue weighted by atomic mass is 10.00. The van der Waals surface area contributed by atoms with Gasteiger partial charge in [0.05, 0.1) is 34.6 Å². The number of anilines is 1. The third kappa shape index (κ3) is 4.42. The quantitative estimate of drug-likeness (QED) is 0.368. The zero-order chi connectivity index (χ0) is 25.9. The summed E-state index contributed by atoms with van der Waals surface area (Å²) < 4.78 is 70.7. The molecule has 0 N–H and O–H groups in total. The predicted octanol–water partition coefficient (Wildman–Crippen LogP) is 3.91. The Morgan fingerprint density at radius 1 is 1.23 bits per heavy atom. The number of imidazole rings is 1. The highest BCUT2D eigenvalue weighted by Gasteiger charge is 2.38. The van der Waals surface area contributed by atoms with Crippen molar-refractivity contribution in [1.82, 2.24) is 19.5 Å². The molecule has 1 aromatic carbocycles. The molecule has 2 aromatic heterocycles. The molecule has 1 aliphatic heterocycles. The number of nitrogens with zero attached hydrogens (tertiary/aromatic N) is 5. The van der Waals surface area contributed by atoms with E-state index in [0.29, 0.717) is 36.1 Å². The Morgan fingerprint density at radius 2 is 1.91 bits per heavy atom. The molecule has 0 aliphatic carbocycles. The number of hydrogen-bond acceptors (Lipinski definition) is 8. The summed E-state index contributed by atoms with van der Waals surface area (Å²) >= 11 is 5.83. The van der Waals surface area contributed by atoms with Gasteiger partial charge < -0.3 is 14.2 Å². The number of alkyl halides is 3. The monoisotopic (exact) mass is 531 g/mol. The van der Waals surface area contributed by atoms with Crippen molar-refractivity contribution in [3.63, 3.8) is 0 Å². The lowest BCUT2D eigenvalue weighted by Gasteiger charge is -2.38. The van der Waals surface area contributed by atoms with Gasteiger partial charge in [-0.15, -0.1) is 0 Å². The van der Waals surface area contributed by atoms with Crippen molar-refractivity contribution in [3.8, 4) is 0 Å². The number of rotatable bonds is 4. The van der Waals surface area contributed by atoms with Crippen LogP contribution in [0, 0.1) is 5.92 Å². The first-order chi connectivity index (χ1) is 16.2. The van der Waals surface area contributed by atoms with Crippen molar-refractivity contribution in [1.29, 1.82) is 0 Å². The second kappa shape index (κ2) is 8.63. The van der Waals surface area contributed by atoms with Gasteiger partial charge in [-0.25, -0.2) is 28.2 Å². The molecule has 14 heteroatoms. The molecule has 3 heterocycles. The number of hydrogen-bond donors (Lipinski definition) is 0. The normalized spacial score (nSPS) is 16.6. The van der Waals surface area contributed by atoms with Crippen LogP contribution in [0.3, 0.4) is 0 Å². The summed E-state index contributed by atoms with van der Waals surface area (Å²) in [4.78, 5) is 26.3. The molecule has 0 spiro atoms. The van der Waals surface area contributed by atoms with Crippen molar-refractivity contribution in [2.45, 2.75) is 37.5 Å². The number of sulfone groups is 1. The molecule has 3 aromatic rings. The number of fused-ring (bicyclic) bond motifs is 3. The van der Waals surface area contributed by atoms with Crippen LogP contribution in [0.5, 0.6) is 0 Å². The summed E-state index contributed by atoms with van der Waals surface area (Å²) in [5.74, 6) is -0.354. The number of esters is 1. The fraction of sp³-hybridized carbons (Fsp3) is 0.429. The Kier molecular flexibility index (Phi) is 6.20. The smallest absolute Gasteiger partial charge is 0.420 e. The van der Waals surface area contributed by atoms with Gasteiger partial charge in [0.25, 0.3) is 0 Å². The Balaban J connectivity index is 1.87. The van der Waals surface area contributed by atoms with E-state index in [9.17, 15) is 26.4 Å². The van der Waals surface area contributed by atoms with Gasteiger partial charge in [-0.2, -0.15) is 13.2 Å². The summed E-state index contributed by atoms with van der Waals surface area (Å²) in [5.41, 5.74) is -0.373. The standard InChI is InChI=1S/C21H21ClF3N5O4S/c1-10(2)16-18-27-13-7-11(19(31)34-3)15(35(4,32)33)8-14(13)29(18)5-6-30(16)20-26-9-12(17(22)28-20)21(23,24)25/h7-10,16H,5-6H2,1-4H3/t16-/m1/s1. The predicted molar refractivity (Wildman–Crippen MR) is 121 cm³/mol. The number of ether oxygens (including phenoxy) is 1. The summed E-state index contributed by atoms with van der Waals surface area (Å²) in [6, 6.07) is 2.30. The molecule has 0 radical (unpaired) electrons. The molecular formula is C21H21ClF3N5O4S. The fourth-order valence-corrected chi connectivity index (χ4v) is 5.36. The second-order valence-electron chi connectivity index (χ2n) is 8.48. The van der Waals surface area contributed by atoms with Gasteiger partial charge in [0, 0.05) is 25.5 Å². The van der Waals surface area contributed by atoms with Gasteiger partial charge in [0.1, 0.15) is 16.5 Å². The molecule has 0 bridgehead atoms. The lowest BCUT2D eigenvalue weighted by Crippen LogP contribution is -2.42. The van der Waals surface area contributed by atoms with Crippen LogP contribution >= 0.6 is 11.6 Å². The second-order valence-corrected chi connectivity index (χ2v) is 10.8. The van der Waals surface area contributed by atoms with E-state index < -0.39 is 38.7 Å². The van der Waals surface area contributed by atoms with Crippen LogP contribution in [0.4, 0.5) is 19.1 Å². The van der Waals surface area contributed by atoms with E-state index in [2.05, 4.69) is 15.0 Å². The van der Waals surface area contributed by atoms with Gasteiger partial charge in [-0.3, -0.25) is 0 Å². The molecule has 0 fully saturated rings. The average Bonchev–Trinajstić information content (AvgIpc) is 3.12. The average molecular weight is 532 g/mol. The highest BCUT2D eigenvalue weighted by molar-refractivity contribution is 7.90. The highest BCUT2D eigenvalue weighted by Crippen LogP contribution is 2.39. The van der Waals surface area contributed by atoms with E-state index in [1.807, 2.05) is 18.4 Å². The SMILES string of the molecule is COC(=O)c1cc2nc3n(c2cc1S(C)(=O)=O)CCN(c1ncc(C(F)(F)F)c(Cl)n1)[C@@H]3C(C)C. The topological polar surface area (TPSA) is 107 Å². The van der Waals surface area contributed by atoms with E-state index >= 15 is 0 Å². The number of aromatic nitrogens is 4. The van der Waals surface area contributed by atoms with E-state index in [4.69, 9.17) is 16.3 Å². The van der Waals surface area contributed by atoms with E-state index in [0.717, 1.165) is 13.4 Å². The summed E-state index contributed by atoms with van der Waals surface area (Å²) in [5, 5.41) is -0.704. The Labute approximate surface area is 203 Å². The van der Waals surface area contributed by atoms with Crippen molar-refractivity contribution < 1.29 is 31.1 Å². The van der Waals surface area contributed by atoms with Gasteiger partial charge in [-0.1, -0.05) is 25.4 Å². The molecular weight excluding hydrogens is 511 g/mol. The maximum Gasteiger partial charge on any atom is 0.420 e. The zero-order valence-corrected chi connectivity index (χ0v) is 20.7. The first-order valence-corrected chi connectivity index (χ1v) is 12.7. The Morgan fingerprint density at radius 3 is 2.46 bits per heavy atom. The zero-order valence-electron chi connectivity index (χ0n) is 19.1. The van der Waals surface area contributed by atoms with Crippen LogP contribution in [0.2, 0.25) is 5.15 Å². The van der Waals surface area contributed by atoms with Crippen molar-refractivity contribution in [2.75, 3.05) is 24.8 Å². The van der Waals surface area contributed by atoms with Crippen molar-refractivity contribution in [2.24, 2.45) is 5.92 Å². The molecule has 0 amide bonds. The van der Waals surface area contributed by atoms with Crippen molar-refractivity contribution >= 4 is 44.4 Å². The van der Waals surface area contributed by atoms with Crippen LogP contribution in [0.1, 0.15) is 41.6 Å². The molecule has 0 saturated heterocycles. The molecule has 4 rings (SSSR count). The minimum atomic E-state index is -4.68. The van der Waals surface area contributed by atoms with E-state index in [1.165, 1.54) is 12.1 Å². The molecule has 0 unspecified atom stereocenters. The Hall–Kier alpha value is -2.93.